The molecule has 3 amide bonds. The summed E-state index contributed by atoms with van der Waals surface area (Å²) in [5.41, 5.74) is 1.80. The van der Waals surface area contributed by atoms with Crippen molar-refractivity contribution >= 4 is 12.1 Å². The number of carbonyl (C=O) groups excluding carboxylic acids is 2. The fourth-order valence-corrected chi connectivity index (χ4v) is 6.44. The van der Waals surface area contributed by atoms with E-state index in [1.54, 1.807) is 17.0 Å². The quantitative estimate of drug-likeness (QED) is 0.382. The van der Waals surface area contributed by atoms with Gasteiger partial charge in [-0.2, -0.15) is 0 Å². The summed E-state index contributed by atoms with van der Waals surface area (Å²) in [5, 5.41) is 3.03. The summed E-state index contributed by atoms with van der Waals surface area (Å²) in [5.74, 6) is 0.210. The molecule has 0 saturated carbocycles. The third kappa shape index (κ3) is 7.49. The molecule has 2 aromatic carbocycles. The summed E-state index contributed by atoms with van der Waals surface area (Å²) in [4.78, 5) is 48.2. The van der Waals surface area contributed by atoms with Crippen LogP contribution in [0.25, 0.3) is 11.3 Å². The molecule has 9 heteroatoms. The number of alkyl carbamates (subject to hydrolysis) is 1. The number of rotatable bonds is 5. The predicted molar refractivity (Wildman–Crippen MR) is 171 cm³/mol. The predicted octanol–water partition coefficient (Wildman–Crippen LogP) is 6.11. The molecule has 0 radical (unpaired) electrons. The lowest BCUT2D eigenvalue weighted by molar-refractivity contribution is 0.0336. The first kappa shape index (κ1) is 31.3. The number of piperidine rings is 2. The molecule has 2 saturated heterocycles. The van der Waals surface area contributed by atoms with Crippen molar-refractivity contribution in [1.29, 1.82) is 0 Å². The van der Waals surface area contributed by atoms with Crippen LogP contribution in [0.4, 0.5) is 9.59 Å². The maximum absolute atomic E-state index is 14.1. The third-order valence-electron chi connectivity index (χ3n) is 8.84. The number of aromatic nitrogens is 2. The summed E-state index contributed by atoms with van der Waals surface area (Å²) < 4.78 is 7.19. The SMILES string of the molecule is CC(C)(C)OC(=O)N[C@@H]1CCN(C(=O)N2CCC(Cn3cnc(-c4ccccc4)cc3=O)C(C)(C)C2)[C@H](c2ccccc2)C1. The van der Waals surface area contributed by atoms with Gasteiger partial charge in [0, 0.05) is 43.9 Å². The molecule has 1 N–H and O–H groups in total. The first-order chi connectivity index (χ1) is 20.9. The summed E-state index contributed by atoms with van der Waals surface area (Å²) in [7, 11) is 0. The zero-order chi connectivity index (χ0) is 31.5. The van der Waals surface area contributed by atoms with Gasteiger partial charge < -0.3 is 19.9 Å². The molecule has 1 aromatic heterocycles. The van der Waals surface area contributed by atoms with Gasteiger partial charge in [-0.3, -0.25) is 9.36 Å². The van der Waals surface area contributed by atoms with E-state index in [0.29, 0.717) is 44.7 Å². The summed E-state index contributed by atoms with van der Waals surface area (Å²) in [6.07, 6.45) is 3.28. The maximum atomic E-state index is 14.1. The zero-order valence-electron chi connectivity index (χ0n) is 26.5. The van der Waals surface area contributed by atoms with Crippen LogP contribution in [0.1, 0.15) is 65.5 Å². The first-order valence-corrected chi connectivity index (χ1v) is 15.6. The minimum Gasteiger partial charge on any atom is -0.444 e. The van der Waals surface area contributed by atoms with E-state index in [4.69, 9.17) is 4.74 Å². The molecular weight excluding hydrogens is 554 g/mol. The Kier molecular flexibility index (Phi) is 9.13. The second-order valence-corrected chi connectivity index (χ2v) is 13.8. The van der Waals surface area contributed by atoms with E-state index in [2.05, 4.69) is 24.1 Å². The molecule has 5 rings (SSSR count). The standard InChI is InChI=1S/C35H45N5O4/c1-34(2,3)44-32(42)37-28-17-19-40(30(20-28)26-14-10-7-11-15-26)33(43)38-18-16-27(35(4,5)23-38)22-39-24-36-29(21-31(39)41)25-12-8-6-9-13-25/h6-15,21,24,27-28,30H,16-20,22-23H2,1-5H3,(H,37,42)/t27?,28-,30+/m1/s1. The Morgan fingerprint density at radius 3 is 2.32 bits per heavy atom. The third-order valence-corrected chi connectivity index (χ3v) is 8.84. The number of benzene rings is 2. The molecule has 2 aliphatic heterocycles. The van der Waals surface area contributed by atoms with Crippen molar-refractivity contribution in [3.8, 4) is 11.3 Å². The van der Waals surface area contributed by atoms with Crippen LogP contribution in [0.5, 0.6) is 0 Å². The second kappa shape index (κ2) is 12.8. The minimum atomic E-state index is -0.575. The highest BCUT2D eigenvalue weighted by Crippen LogP contribution is 2.38. The van der Waals surface area contributed by atoms with Gasteiger partial charge in [-0.25, -0.2) is 14.6 Å². The van der Waals surface area contributed by atoms with Gasteiger partial charge in [0.15, 0.2) is 0 Å². The average Bonchev–Trinajstić information content (AvgIpc) is 2.98. The van der Waals surface area contributed by atoms with Crippen molar-refractivity contribution in [2.24, 2.45) is 11.3 Å². The van der Waals surface area contributed by atoms with Gasteiger partial charge in [-0.05, 0) is 56.9 Å². The monoisotopic (exact) mass is 599 g/mol. The van der Waals surface area contributed by atoms with Crippen LogP contribution in [-0.4, -0.2) is 62.8 Å². The number of amides is 3. The molecule has 0 spiro atoms. The Morgan fingerprint density at radius 2 is 1.68 bits per heavy atom. The fraction of sp³-hybridized carbons (Fsp3) is 0.486. The molecule has 1 unspecified atom stereocenters. The van der Waals surface area contributed by atoms with Gasteiger partial charge >= 0.3 is 12.1 Å². The molecule has 9 nitrogen and oxygen atoms in total. The van der Waals surface area contributed by atoms with Crippen molar-refractivity contribution in [1.82, 2.24) is 24.7 Å². The number of urea groups is 1. The molecule has 3 aromatic rings. The van der Waals surface area contributed by atoms with Gasteiger partial charge in [0.1, 0.15) is 5.60 Å². The molecule has 0 aliphatic carbocycles. The zero-order valence-corrected chi connectivity index (χ0v) is 26.5. The largest absolute Gasteiger partial charge is 0.444 e. The topological polar surface area (TPSA) is 96.8 Å². The van der Waals surface area contributed by atoms with Crippen LogP contribution >= 0.6 is 0 Å². The average molecular weight is 600 g/mol. The van der Waals surface area contributed by atoms with Crippen molar-refractivity contribution in [2.45, 2.75) is 78.1 Å². The number of nitrogens with zero attached hydrogens (tertiary/aromatic N) is 4. The van der Waals surface area contributed by atoms with Crippen molar-refractivity contribution in [3.05, 3.63) is 89.0 Å². The Labute approximate surface area is 260 Å². The van der Waals surface area contributed by atoms with Crippen LogP contribution in [0.15, 0.2) is 77.9 Å². The van der Waals surface area contributed by atoms with E-state index in [-0.39, 0.29) is 35.0 Å². The van der Waals surface area contributed by atoms with Crippen molar-refractivity contribution in [2.75, 3.05) is 19.6 Å². The normalized spacial score (nSPS) is 21.9. The highest BCUT2D eigenvalue weighted by Gasteiger charge is 2.41. The van der Waals surface area contributed by atoms with Crippen molar-refractivity contribution in [3.63, 3.8) is 0 Å². The molecule has 2 aliphatic rings. The lowest BCUT2D eigenvalue weighted by Gasteiger charge is -2.48. The summed E-state index contributed by atoms with van der Waals surface area (Å²) in [6.45, 7) is 12.2. The highest BCUT2D eigenvalue weighted by atomic mass is 16.6. The Balaban J connectivity index is 1.26. The molecule has 234 valence electrons. The fourth-order valence-electron chi connectivity index (χ4n) is 6.44. The lowest BCUT2D eigenvalue weighted by Crippen LogP contribution is -2.56. The van der Waals surface area contributed by atoms with Crippen LogP contribution in [0.2, 0.25) is 0 Å². The van der Waals surface area contributed by atoms with Crippen LogP contribution in [0.3, 0.4) is 0 Å². The molecule has 2 fully saturated rings. The minimum absolute atomic E-state index is 0.0205. The molecule has 0 bridgehead atoms. The van der Waals surface area contributed by atoms with Gasteiger partial charge in [-0.15, -0.1) is 0 Å². The van der Waals surface area contributed by atoms with E-state index in [1.165, 1.54) is 0 Å². The lowest BCUT2D eigenvalue weighted by atomic mass is 9.74. The van der Waals surface area contributed by atoms with Crippen LogP contribution in [-0.2, 0) is 11.3 Å². The first-order valence-electron chi connectivity index (χ1n) is 15.6. The molecule has 44 heavy (non-hydrogen) atoms. The van der Waals surface area contributed by atoms with E-state index < -0.39 is 11.7 Å². The number of hydrogen-bond donors (Lipinski definition) is 1. The molecule has 3 heterocycles. The molecule has 3 atom stereocenters. The van der Waals surface area contributed by atoms with E-state index in [1.807, 2.05) is 91.2 Å². The van der Waals surface area contributed by atoms with Gasteiger partial charge in [0.05, 0.1) is 18.1 Å². The van der Waals surface area contributed by atoms with Crippen LogP contribution < -0.4 is 10.9 Å². The second-order valence-electron chi connectivity index (χ2n) is 13.8. The Bertz CT molecular complexity index is 1500. The van der Waals surface area contributed by atoms with Crippen LogP contribution in [0, 0.1) is 11.3 Å². The van der Waals surface area contributed by atoms with E-state index in [9.17, 15) is 14.4 Å². The van der Waals surface area contributed by atoms with E-state index in [0.717, 1.165) is 17.5 Å². The number of hydrogen-bond acceptors (Lipinski definition) is 5. The Morgan fingerprint density at radius 1 is 1.00 bits per heavy atom. The van der Waals surface area contributed by atoms with Gasteiger partial charge in [-0.1, -0.05) is 74.5 Å². The van der Waals surface area contributed by atoms with E-state index >= 15 is 0 Å². The smallest absolute Gasteiger partial charge is 0.407 e. The summed E-state index contributed by atoms with van der Waals surface area (Å²) >= 11 is 0. The number of likely N-dealkylation sites (tertiary alicyclic amines) is 2. The van der Waals surface area contributed by atoms with Crippen molar-refractivity contribution < 1.29 is 14.3 Å². The van der Waals surface area contributed by atoms with Gasteiger partial charge in [0.25, 0.3) is 5.56 Å². The number of nitrogens with one attached hydrogen (secondary N) is 1. The summed E-state index contributed by atoms with van der Waals surface area (Å²) in [6, 6.07) is 21.1. The molecular formula is C35H45N5O4. The number of carbonyl (C=O) groups is 2. The number of ether oxygens (including phenoxy) is 1. The Hall–Kier alpha value is -4.14. The van der Waals surface area contributed by atoms with Gasteiger partial charge in [0.2, 0.25) is 0 Å². The highest BCUT2D eigenvalue weighted by molar-refractivity contribution is 5.75. The maximum Gasteiger partial charge on any atom is 0.407 e.